The molecule has 1 aromatic heterocycles. The Bertz CT molecular complexity index is 1120. The second-order valence-corrected chi connectivity index (χ2v) is 11.9. The van der Waals surface area contributed by atoms with Gasteiger partial charge in [0.05, 0.1) is 17.3 Å². The molecule has 4 saturated carbocycles. The number of hydrogen-bond acceptors (Lipinski definition) is 8. The molecule has 0 aliphatic heterocycles. The summed E-state index contributed by atoms with van der Waals surface area (Å²) in [5, 5.41) is 12.4. The van der Waals surface area contributed by atoms with E-state index in [4.69, 9.17) is 13.9 Å². The summed E-state index contributed by atoms with van der Waals surface area (Å²) in [7, 11) is 0. The zero-order chi connectivity index (χ0) is 26.0. The van der Waals surface area contributed by atoms with Gasteiger partial charge in [0.25, 0.3) is 0 Å². The van der Waals surface area contributed by atoms with Crippen molar-refractivity contribution >= 4 is 17.7 Å². The van der Waals surface area contributed by atoms with Gasteiger partial charge in [0.1, 0.15) is 6.10 Å². The van der Waals surface area contributed by atoms with E-state index in [-0.39, 0.29) is 46.9 Å². The number of esters is 2. The zero-order valence-electron chi connectivity index (χ0n) is 21.5. The number of aliphatic hydroxyl groups is 1. The van der Waals surface area contributed by atoms with E-state index in [2.05, 4.69) is 6.92 Å². The van der Waals surface area contributed by atoms with Gasteiger partial charge in [-0.15, -0.1) is 0 Å². The molecule has 0 unspecified atom stereocenters. The third-order valence-corrected chi connectivity index (χ3v) is 10.4. The van der Waals surface area contributed by atoms with Crippen LogP contribution in [-0.2, 0) is 23.9 Å². The van der Waals surface area contributed by atoms with Crippen molar-refractivity contribution < 1.29 is 33.4 Å². The van der Waals surface area contributed by atoms with Crippen LogP contribution in [0.15, 0.2) is 27.6 Å². The Morgan fingerprint density at radius 1 is 1.00 bits per heavy atom. The Kier molecular flexibility index (Phi) is 5.97. The van der Waals surface area contributed by atoms with Crippen molar-refractivity contribution in [3.8, 4) is 0 Å². The number of rotatable bonds is 3. The van der Waals surface area contributed by atoms with Crippen LogP contribution in [0, 0.1) is 28.6 Å². The van der Waals surface area contributed by atoms with Gasteiger partial charge in [-0.05, 0) is 80.8 Å². The monoisotopic (exact) mass is 500 g/mol. The van der Waals surface area contributed by atoms with E-state index in [1.165, 1.54) is 26.2 Å². The quantitative estimate of drug-likeness (QED) is 0.626. The summed E-state index contributed by atoms with van der Waals surface area (Å²) >= 11 is 0. The minimum absolute atomic E-state index is 0.152. The molecule has 0 spiro atoms. The third-order valence-electron chi connectivity index (χ3n) is 10.4. The van der Waals surface area contributed by atoms with Crippen LogP contribution >= 0.6 is 0 Å². The summed E-state index contributed by atoms with van der Waals surface area (Å²) in [6, 6.07) is 3.01. The Labute approximate surface area is 210 Å². The van der Waals surface area contributed by atoms with Crippen molar-refractivity contribution in [3.63, 3.8) is 0 Å². The molecule has 0 radical (unpaired) electrons. The van der Waals surface area contributed by atoms with Gasteiger partial charge in [-0.3, -0.25) is 14.4 Å². The molecule has 9 atom stereocenters. The average molecular weight is 501 g/mol. The molecule has 8 nitrogen and oxygen atoms in total. The van der Waals surface area contributed by atoms with Crippen LogP contribution in [0.5, 0.6) is 0 Å². The summed E-state index contributed by atoms with van der Waals surface area (Å²) in [5.74, 6) is -1.77. The molecule has 0 bridgehead atoms. The smallest absolute Gasteiger partial charge is 0.335 e. The minimum atomic E-state index is -1.27. The maximum Gasteiger partial charge on any atom is 0.335 e. The topological polar surface area (TPSA) is 120 Å². The fourth-order valence-electron chi connectivity index (χ4n) is 8.72. The first kappa shape index (κ1) is 25.2. The van der Waals surface area contributed by atoms with Crippen molar-refractivity contribution in [1.29, 1.82) is 0 Å². The largest absolute Gasteiger partial charge is 0.463 e. The molecule has 196 valence electrons. The predicted octanol–water partition coefficient (Wildman–Crippen LogP) is 3.53. The van der Waals surface area contributed by atoms with Crippen LogP contribution in [0.2, 0.25) is 0 Å². The van der Waals surface area contributed by atoms with Crippen LogP contribution in [0.1, 0.15) is 84.1 Å². The summed E-state index contributed by atoms with van der Waals surface area (Å²) in [5.41, 5.74) is -2.58. The number of carbonyl (C=O) groups excluding carboxylic acids is 3. The molecular formula is C28H36O8. The van der Waals surface area contributed by atoms with E-state index in [1.54, 1.807) is 13.0 Å². The molecule has 1 aromatic rings. The van der Waals surface area contributed by atoms with Gasteiger partial charge in [0.2, 0.25) is 0 Å². The highest BCUT2D eigenvalue weighted by Crippen LogP contribution is 2.69. The molecule has 8 heteroatoms. The molecule has 0 aromatic carbocycles. The van der Waals surface area contributed by atoms with Gasteiger partial charge >= 0.3 is 17.6 Å². The first-order valence-corrected chi connectivity index (χ1v) is 13.1. The molecule has 5 rings (SSSR count). The average Bonchev–Trinajstić information content (AvgIpc) is 3.09. The Balaban J connectivity index is 1.57. The van der Waals surface area contributed by atoms with Gasteiger partial charge in [-0.25, -0.2) is 4.79 Å². The molecule has 36 heavy (non-hydrogen) atoms. The lowest BCUT2D eigenvalue weighted by Crippen LogP contribution is -2.70. The number of carbonyl (C=O) groups is 3. The summed E-state index contributed by atoms with van der Waals surface area (Å²) < 4.78 is 16.5. The van der Waals surface area contributed by atoms with Gasteiger partial charge in [-0.1, -0.05) is 6.92 Å². The van der Waals surface area contributed by atoms with Gasteiger partial charge in [0.15, 0.2) is 11.9 Å². The maximum absolute atomic E-state index is 14.4. The number of ketones is 1. The van der Waals surface area contributed by atoms with Crippen LogP contribution in [0.4, 0.5) is 0 Å². The molecule has 4 aliphatic carbocycles. The Morgan fingerprint density at radius 3 is 2.36 bits per heavy atom. The van der Waals surface area contributed by atoms with Crippen LogP contribution in [-0.4, -0.2) is 40.6 Å². The number of fused-ring (bicyclic) bond motifs is 5. The first-order valence-electron chi connectivity index (χ1n) is 13.1. The molecular weight excluding hydrogens is 464 g/mol. The van der Waals surface area contributed by atoms with E-state index >= 15 is 0 Å². The van der Waals surface area contributed by atoms with E-state index in [1.807, 2.05) is 0 Å². The van der Waals surface area contributed by atoms with Crippen LogP contribution in [0.3, 0.4) is 0 Å². The van der Waals surface area contributed by atoms with Crippen LogP contribution in [0.25, 0.3) is 0 Å². The molecule has 4 aliphatic rings. The second-order valence-electron chi connectivity index (χ2n) is 11.9. The highest BCUT2D eigenvalue weighted by molar-refractivity contribution is 5.94. The molecule has 4 fully saturated rings. The summed E-state index contributed by atoms with van der Waals surface area (Å²) in [6.07, 6.45) is 4.94. The molecule has 0 saturated heterocycles. The Morgan fingerprint density at radius 2 is 1.72 bits per heavy atom. The standard InChI is InChI=1S/C28H36O8/c1-15(29)35-19-9-11-26(3)18(13-19)6-7-21-23(26)24(36-16(2)30)25(32)27(4)20(10-12-28(21,27)33)17-5-8-22(31)34-14-17/h5,8,14,18-21,23-24,33H,6-7,9-13H2,1-4H3/t18-,19+,20-,21-,23-,24+,26+,27+,28+/m1/s1. The second kappa shape index (κ2) is 8.54. The van der Waals surface area contributed by atoms with Gasteiger partial charge in [-0.2, -0.15) is 0 Å². The van der Waals surface area contributed by atoms with Crippen molar-refractivity contribution in [2.24, 2.45) is 28.6 Å². The molecule has 0 amide bonds. The zero-order valence-corrected chi connectivity index (χ0v) is 21.5. The van der Waals surface area contributed by atoms with Crippen molar-refractivity contribution in [3.05, 3.63) is 34.4 Å². The minimum Gasteiger partial charge on any atom is -0.463 e. The maximum atomic E-state index is 14.4. The molecule has 1 N–H and O–H groups in total. The lowest BCUT2D eigenvalue weighted by atomic mass is 9.42. The summed E-state index contributed by atoms with van der Waals surface area (Å²) in [6.45, 7) is 6.71. The van der Waals surface area contributed by atoms with Crippen molar-refractivity contribution in [2.45, 2.75) is 96.4 Å². The highest BCUT2D eigenvalue weighted by atomic mass is 16.5. The van der Waals surface area contributed by atoms with E-state index < -0.39 is 28.7 Å². The SMILES string of the molecule is CC(=O)O[C@H]1CC[C@@]2(C)[C@H](CC[C@@H]3[C@@H]2[C@H](OC(C)=O)C(=O)[C@]2(C)[C@@H](c4ccc(=O)oc4)CC[C@]32O)C1. The number of hydrogen-bond donors (Lipinski definition) is 1. The first-order chi connectivity index (χ1) is 16.9. The summed E-state index contributed by atoms with van der Waals surface area (Å²) in [4.78, 5) is 49.8. The normalized spacial score (nSPS) is 43.6. The number of Topliss-reactive ketones (excluding diaryl/α,β-unsaturated/α-hetero) is 1. The lowest BCUT2D eigenvalue weighted by molar-refractivity contribution is -0.234. The predicted molar refractivity (Wildman–Crippen MR) is 128 cm³/mol. The van der Waals surface area contributed by atoms with E-state index in [0.717, 1.165) is 12.8 Å². The molecule has 1 heterocycles. The van der Waals surface area contributed by atoms with Gasteiger partial charge < -0.3 is 19.0 Å². The lowest BCUT2D eigenvalue weighted by Gasteiger charge is -2.64. The van der Waals surface area contributed by atoms with E-state index in [0.29, 0.717) is 37.7 Å². The van der Waals surface area contributed by atoms with Crippen LogP contribution < -0.4 is 5.63 Å². The highest BCUT2D eigenvalue weighted by Gasteiger charge is 2.74. The third kappa shape index (κ3) is 3.51. The van der Waals surface area contributed by atoms with Gasteiger partial charge in [0, 0.05) is 31.7 Å². The van der Waals surface area contributed by atoms with E-state index in [9.17, 15) is 24.3 Å². The fraction of sp³-hybridized carbons (Fsp3) is 0.714. The fourth-order valence-corrected chi connectivity index (χ4v) is 8.72. The number of ether oxygens (including phenoxy) is 2. The van der Waals surface area contributed by atoms with Crippen molar-refractivity contribution in [1.82, 2.24) is 0 Å². The Hall–Kier alpha value is -2.48. The van der Waals surface area contributed by atoms with Crippen molar-refractivity contribution in [2.75, 3.05) is 0 Å².